The number of hydrogen-bond acceptors (Lipinski definition) is 3. The molecule has 1 aliphatic carbocycles. The van der Waals surface area contributed by atoms with Gasteiger partial charge in [0.15, 0.2) is 0 Å². The first-order valence-corrected chi connectivity index (χ1v) is 9.10. The van der Waals surface area contributed by atoms with E-state index in [1.54, 1.807) is 0 Å². The lowest BCUT2D eigenvalue weighted by atomic mass is 9.91. The van der Waals surface area contributed by atoms with E-state index in [9.17, 15) is 5.11 Å². The molecule has 2 N–H and O–H groups in total. The molecule has 0 aromatic rings. The van der Waals surface area contributed by atoms with Gasteiger partial charge in [0.2, 0.25) is 0 Å². The average Bonchev–Trinajstić information content (AvgIpc) is 3.01. The zero-order valence-corrected chi connectivity index (χ0v) is 14.8. The van der Waals surface area contributed by atoms with Gasteiger partial charge in [-0.15, -0.1) is 0 Å². The topological polar surface area (TPSA) is 35.5 Å². The summed E-state index contributed by atoms with van der Waals surface area (Å²) in [5, 5.41) is 13.0. The smallest absolute Gasteiger partial charge is 0.0613 e. The molecule has 0 aliphatic heterocycles. The SMILES string of the molecule is CCC(CO)(CCCN(CCC(C)C)C1CCCC1)NC. The molecule has 3 nitrogen and oxygen atoms in total. The summed E-state index contributed by atoms with van der Waals surface area (Å²) < 4.78 is 0. The predicted molar refractivity (Wildman–Crippen MR) is 91.7 cm³/mol. The van der Waals surface area contributed by atoms with Crippen molar-refractivity contribution in [1.29, 1.82) is 0 Å². The van der Waals surface area contributed by atoms with Crippen LogP contribution in [0.4, 0.5) is 0 Å². The fourth-order valence-corrected chi connectivity index (χ4v) is 3.54. The molecule has 0 saturated heterocycles. The Kier molecular flexibility index (Phi) is 8.84. The molecule has 1 saturated carbocycles. The minimum absolute atomic E-state index is 0.0700. The number of likely N-dealkylation sites (N-methyl/N-ethyl adjacent to an activating group) is 1. The Morgan fingerprint density at radius 3 is 2.38 bits per heavy atom. The van der Waals surface area contributed by atoms with E-state index in [-0.39, 0.29) is 12.1 Å². The summed E-state index contributed by atoms with van der Waals surface area (Å²) in [5.41, 5.74) is -0.0700. The van der Waals surface area contributed by atoms with Crippen LogP contribution in [0, 0.1) is 5.92 Å². The lowest BCUT2D eigenvalue weighted by Crippen LogP contribution is -2.46. The summed E-state index contributed by atoms with van der Waals surface area (Å²) in [6.45, 7) is 9.50. The van der Waals surface area contributed by atoms with E-state index in [1.807, 2.05) is 7.05 Å². The van der Waals surface area contributed by atoms with E-state index in [4.69, 9.17) is 0 Å². The van der Waals surface area contributed by atoms with Gasteiger partial charge in [-0.05, 0) is 64.6 Å². The first-order chi connectivity index (χ1) is 10.1. The molecule has 0 aromatic carbocycles. The Labute approximate surface area is 132 Å². The van der Waals surface area contributed by atoms with E-state index >= 15 is 0 Å². The van der Waals surface area contributed by atoms with E-state index in [2.05, 4.69) is 31.0 Å². The fraction of sp³-hybridized carbons (Fsp3) is 1.00. The summed E-state index contributed by atoms with van der Waals surface area (Å²) in [6.07, 6.45) is 10.2. The van der Waals surface area contributed by atoms with Crippen LogP contribution in [-0.2, 0) is 0 Å². The quantitative estimate of drug-likeness (QED) is 0.613. The van der Waals surface area contributed by atoms with Crippen LogP contribution in [-0.4, -0.2) is 48.3 Å². The molecule has 0 radical (unpaired) electrons. The molecule has 21 heavy (non-hydrogen) atoms. The van der Waals surface area contributed by atoms with Gasteiger partial charge in [0.1, 0.15) is 0 Å². The zero-order chi connectivity index (χ0) is 15.7. The van der Waals surface area contributed by atoms with Crippen molar-refractivity contribution in [2.45, 2.75) is 83.7 Å². The van der Waals surface area contributed by atoms with E-state index in [0.29, 0.717) is 0 Å². The highest BCUT2D eigenvalue weighted by atomic mass is 16.3. The first kappa shape index (κ1) is 18.9. The molecule has 1 atom stereocenters. The summed E-state index contributed by atoms with van der Waals surface area (Å²) >= 11 is 0. The van der Waals surface area contributed by atoms with E-state index in [1.165, 1.54) is 51.6 Å². The number of rotatable bonds is 11. The molecule has 1 unspecified atom stereocenters. The first-order valence-electron chi connectivity index (χ1n) is 9.10. The fourth-order valence-electron chi connectivity index (χ4n) is 3.54. The van der Waals surface area contributed by atoms with Crippen molar-refractivity contribution in [3.63, 3.8) is 0 Å². The lowest BCUT2D eigenvalue weighted by Gasteiger charge is -2.33. The summed E-state index contributed by atoms with van der Waals surface area (Å²) in [6, 6.07) is 0.823. The second kappa shape index (κ2) is 9.81. The summed E-state index contributed by atoms with van der Waals surface area (Å²) in [4.78, 5) is 2.74. The molecule has 0 heterocycles. The van der Waals surface area contributed by atoms with Crippen LogP contribution in [0.1, 0.15) is 72.1 Å². The molecule has 1 aliphatic rings. The van der Waals surface area contributed by atoms with Crippen molar-refractivity contribution in [2.75, 3.05) is 26.7 Å². The Balaban J connectivity index is 2.44. The second-order valence-corrected chi connectivity index (χ2v) is 7.30. The van der Waals surface area contributed by atoms with Crippen LogP contribution in [0.3, 0.4) is 0 Å². The Morgan fingerprint density at radius 2 is 1.90 bits per heavy atom. The van der Waals surface area contributed by atoms with Crippen LogP contribution in [0.2, 0.25) is 0 Å². The maximum atomic E-state index is 9.65. The Hall–Kier alpha value is -0.120. The molecule has 0 amide bonds. The Bertz CT molecular complexity index is 250. The van der Waals surface area contributed by atoms with Crippen LogP contribution in [0.5, 0.6) is 0 Å². The van der Waals surface area contributed by atoms with Gasteiger partial charge in [-0.3, -0.25) is 0 Å². The van der Waals surface area contributed by atoms with Crippen molar-refractivity contribution < 1.29 is 5.11 Å². The van der Waals surface area contributed by atoms with Crippen LogP contribution < -0.4 is 5.32 Å². The minimum Gasteiger partial charge on any atom is -0.394 e. The summed E-state index contributed by atoms with van der Waals surface area (Å²) in [5.74, 6) is 0.790. The third kappa shape index (κ3) is 6.25. The maximum absolute atomic E-state index is 9.65. The van der Waals surface area contributed by atoms with Crippen molar-refractivity contribution in [3.05, 3.63) is 0 Å². The lowest BCUT2D eigenvalue weighted by molar-refractivity contribution is 0.135. The molecule has 0 bridgehead atoms. The average molecular weight is 299 g/mol. The van der Waals surface area contributed by atoms with Crippen LogP contribution >= 0.6 is 0 Å². The molecule has 3 heteroatoms. The zero-order valence-electron chi connectivity index (χ0n) is 14.8. The normalized spacial score (nSPS) is 19.6. The van der Waals surface area contributed by atoms with Gasteiger partial charge in [0.05, 0.1) is 6.61 Å². The predicted octanol–water partition coefficient (Wildman–Crippen LogP) is 3.42. The highest BCUT2D eigenvalue weighted by Gasteiger charge is 2.26. The Morgan fingerprint density at radius 1 is 1.24 bits per heavy atom. The number of nitrogens with zero attached hydrogens (tertiary/aromatic N) is 1. The monoisotopic (exact) mass is 298 g/mol. The maximum Gasteiger partial charge on any atom is 0.0613 e. The second-order valence-electron chi connectivity index (χ2n) is 7.30. The van der Waals surface area contributed by atoms with Crippen molar-refractivity contribution >= 4 is 0 Å². The third-order valence-corrected chi connectivity index (χ3v) is 5.45. The molecule has 1 fully saturated rings. The summed E-state index contributed by atoms with van der Waals surface area (Å²) in [7, 11) is 1.98. The number of hydrogen-bond donors (Lipinski definition) is 2. The van der Waals surface area contributed by atoms with E-state index in [0.717, 1.165) is 24.8 Å². The van der Waals surface area contributed by atoms with Crippen molar-refractivity contribution in [1.82, 2.24) is 10.2 Å². The van der Waals surface area contributed by atoms with E-state index < -0.39 is 0 Å². The van der Waals surface area contributed by atoms with Crippen molar-refractivity contribution in [3.8, 4) is 0 Å². The van der Waals surface area contributed by atoms with Gasteiger partial charge in [0.25, 0.3) is 0 Å². The number of aliphatic hydroxyl groups excluding tert-OH is 1. The minimum atomic E-state index is -0.0700. The molecule has 0 aromatic heterocycles. The van der Waals surface area contributed by atoms with Gasteiger partial charge in [-0.25, -0.2) is 0 Å². The van der Waals surface area contributed by atoms with Crippen molar-refractivity contribution in [2.24, 2.45) is 5.92 Å². The third-order valence-electron chi connectivity index (χ3n) is 5.45. The van der Waals surface area contributed by atoms with Crippen LogP contribution in [0.15, 0.2) is 0 Å². The number of aliphatic hydroxyl groups is 1. The number of nitrogens with one attached hydrogen (secondary N) is 1. The molecule has 126 valence electrons. The van der Waals surface area contributed by atoms with Gasteiger partial charge < -0.3 is 15.3 Å². The largest absolute Gasteiger partial charge is 0.394 e. The highest BCUT2D eigenvalue weighted by Crippen LogP contribution is 2.25. The van der Waals surface area contributed by atoms with Gasteiger partial charge in [-0.2, -0.15) is 0 Å². The molecule has 0 spiro atoms. The highest BCUT2D eigenvalue weighted by molar-refractivity contribution is 4.85. The standard InChI is InChI=1S/C18H38N2O/c1-5-18(15-21,19-4)12-8-13-20(14-11-16(2)3)17-9-6-7-10-17/h16-17,19,21H,5-15H2,1-4H3. The van der Waals surface area contributed by atoms with Gasteiger partial charge >= 0.3 is 0 Å². The van der Waals surface area contributed by atoms with Gasteiger partial charge in [0, 0.05) is 11.6 Å². The molecular formula is C18H38N2O. The van der Waals surface area contributed by atoms with Gasteiger partial charge in [-0.1, -0.05) is 33.6 Å². The molecular weight excluding hydrogens is 260 g/mol. The molecule has 1 rings (SSSR count). The van der Waals surface area contributed by atoms with Crippen LogP contribution in [0.25, 0.3) is 0 Å².